The molecule has 21 heteroatoms. The lowest BCUT2D eigenvalue weighted by atomic mass is 10.1. The standard InChI is InChI=1S/C26H23F10NO8S2/c1-23(2,25(31,32)33)45-22(39)10-14-3-8-21-20(9-14)37(47(42,43)17-6-7-19(27)18(11-17)24(28,29)30)12-16(44-21)5-4-15(38)13-46(40,41)26(34,35)36/h3,6-9,11,16H,4-5,10,12-13H2,1-2H3/t16-/m0/s1. The third-order valence-electron chi connectivity index (χ3n) is 6.64. The summed E-state index contributed by atoms with van der Waals surface area (Å²) in [5.74, 6) is -6.94. The number of hydrogen-bond acceptors (Lipinski definition) is 8. The van der Waals surface area contributed by atoms with Gasteiger partial charge in [-0.2, -0.15) is 39.5 Å². The Labute approximate surface area is 260 Å². The number of fused-ring (bicyclic) bond motifs is 1. The number of nitrogens with zero attached hydrogens (tertiary/aromatic N) is 1. The summed E-state index contributed by atoms with van der Waals surface area (Å²) in [4.78, 5) is 23.2. The molecule has 3 rings (SSSR count). The minimum absolute atomic E-state index is 0.0131. The highest BCUT2D eigenvalue weighted by atomic mass is 32.2. The average Bonchev–Trinajstić information content (AvgIpc) is 2.89. The molecule has 1 aliphatic heterocycles. The van der Waals surface area contributed by atoms with Crippen molar-refractivity contribution in [3.05, 3.63) is 53.3 Å². The molecular formula is C26H23F10NO8S2. The van der Waals surface area contributed by atoms with E-state index >= 15 is 0 Å². The van der Waals surface area contributed by atoms with Gasteiger partial charge in [0, 0.05) is 6.42 Å². The number of benzene rings is 2. The Bertz CT molecular complexity index is 1750. The van der Waals surface area contributed by atoms with E-state index in [1.54, 1.807) is 0 Å². The van der Waals surface area contributed by atoms with Gasteiger partial charge in [-0.05, 0) is 56.2 Å². The van der Waals surface area contributed by atoms with Crippen LogP contribution in [0.4, 0.5) is 49.6 Å². The van der Waals surface area contributed by atoms with Crippen LogP contribution in [0.3, 0.4) is 0 Å². The first-order chi connectivity index (χ1) is 21.2. The summed E-state index contributed by atoms with van der Waals surface area (Å²) in [7, 11) is -10.9. The van der Waals surface area contributed by atoms with E-state index in [-0.39, 0.29) is 23.4 Å². The first-order valence-electron chi connectivity index (χ1n) is 12.9. The predicted molar refractivity (Wildman–Crippen MR) is 141 cm³/mol. The van der Waals surface area contributed by atoms with E-state index in [2.05, 4.69) is 4.74 Å². The molecule has 2 aromatic rings. The van der Waals surface area contributed by atoms with Crippen molar-refractivity contribution in [1.29, 1.82) is 0 Å². The second-order valence-electron chi connectivity index (χ2n) is 10.7. The second-order valence-corrected chi connectivity index (χ2v) is 14.5. The van der Waals surface area contributed by atoms with Gasteiger partial charge in [0.2, 0.25) is 5.60 Å². The van der Waals surface area contributed by atoms with Crippen molar-refractivity contribution in [1.82, 2.24) is 0 Å². The number of sulfonamides is 1. The van der Waals surface area contributed by atoms with E-state index in [0.717, 1.165) is 18.2 Å². The van der Waals surface area contributed by atoms with E-state index in [9.17, 15) is 70.3 Å². The fourth-order valence-electron chi connectivity index (χ4n) is 4.09. The highest BCUT2D eigenvalue weighted by Gasteiger charge is 2.51. The molecule has 47 heavy (non-hydrogen) atoms. The van der Waals surface area contributed by atoms with Crippen molar-refractivity contribution >= 4 is 37.3 Å². The van der Waals surface area contributed by atoms with Crippen LogP contribution in [0.5, 0.6) is 5.75 Å². The molecule has 0 bridgehead atoms. The summed E-state index contributed by atoms with van der Waals surface area (Å²) in [6.07, 6.45) is -14.0. The molecule has 0 unspecified atom stereocenters. The Hall–Kier alpha value is -3.62. The summed E-state index contributed by atoms with van der Waals surface area (Å²) in [6.45, 7) is 0.296. The van der Waals surface area contributed by atoms with Gasteiger partial charge in [0.15, 0.2) is 0 Å². The summed E-state index contributed by atoms with van der Waals surface area (Å²) in [5, 5.41) is 0. The molecule has 1 atom stereocenters. The second kappa shape index (κ2) is 12.8. The average molecular weight is 732 g/mol. The van der Waals surface area contributed by atoms with Gasteiger partial charge in [0.25, 0.3) is 19.9 Å². The number of hydrogen-bond donors (Lipinski definition) is 0. The SMILES string of the molecule is CC(C)(OC(=O)Cc1ccc2c(c1)N(S(=O)(=O)c1ccc(F)c(C(F)(F)F)c1)C[C@H](CCC(=O)CS(=O)(=O)C(F)(F)F)O2)C(F)(F)F. The van der Waals surface area contributed by atoms with Gasteiger partial charge in [-0.25, -0.2) is 21.2 Å². The fourth-order valence-corrected chi connectivity index (χ4v) is 6.35. The number of carbonyl (C=O) groups is 2. The molecule has 2 aromatic carbocycles. The van der Waals surface area contributed by atoms with Crippen molar-refractivity contribution in [3.8, 4) is 5.75 Å². The molecule has 0 aliphatic carbocycles. The number of Topliss-reactive ketones (excluding diaryl/α,β-unsaturated/α-hetero) is 1. The topological polar surface area (TPSA) is 124 Å². The van der Waals surface area contributed by atoms with Crippen LogP contribution >= 0.6 is 0 Å². The third-order valence-corrected chi connectivity index (χ3v) is 9.82. The molecule has 0 saturated carbocycles. The molecule has 0 amide bonds. The summed E-state index contributed by atoms with van der Waals surface area (Å²) in [5.41, 5.74) is -11.2. The summed E-state index contributed by atoms with van der Waals surface area (Å²) >= 11 is 0. The van der Waals surface area contributed by atoms with Crippen LogP contribution in [0.1, 0.15) is 37.8 Å². The third kappa shape index (κ3) is 8.65. The molecule has 0 fully saturated rings. The molecule has 1 heterocycles. The first kappa shape index (κ1) is 37.8. The van der Waals surface area contributed by atoms with Gasteiger partial charge in [-0.3, -0.25) is 13.9 Å². The Balaban J connectivity index is 2.00. The molecule has 0 aromatic heterocycles. The number of sulfone groups is 1. The van der Waals surface area contributed by atoms with Crippen LogP contribution in [0.25, 0.3) is 0 Å². The van der Waals surface area contributed by atoms with Gasteiger partial charge in [-0.15, -0.1) is 0 Å². The van der Waals surface area contributed by atoms with Crippen molar-refractivity contribution in [2.45, 2.75) is 67.6 Å². The minimum Gasteiger partial charge on any atom is -0.486 e. The van der Waals surface area contributed by atoms with Crippen LogP contribution in [0.15, 0.2) is 41.3 Å². The monoisotopic (exact) mass is 731 g/mol. The lowest BCUT2D eigenvalue weighted by molar-refractivity contribution is -0.257. The maximum absolute atomic E-state index is 13.9. The van der Waals surface area contributed by atoms with Gasteiger partial charge in [-0.1, -0.05) is 6.07 Å². The normalized spacial score (nSPS) is 16.3. The molecule has 0 spiro atoms. The Kier molecular flexibility index (Phi) is 10.3. The number of halogens is 10. The smallest absolute Gasteiger partial charge is 0.486 e. The molecular weight excluding hydrogens is 708 g/mol. The Morgan fingerprint density at radius 2 is 1.55 bits per heavy atom. The number of ether oxygens (including phenoxy) is 2. The molecule has 0 radical (unpaired) electrons. The highest BCUT2D eigenvalue weighted by Crippen LogP contribution is 2.41. The van der Waals surface area contributed by atoms with Crippen molar-refractivity contribution < 1.29 is 79.8 Å². The van der Waals surface area contributed by atoms with E-state index in [1.807, 2.05) is 0 Å². The maximum Gasteiger partial charge on any atom is 0.497 e. The van der Waals surface area contributed by atoms with Crippen molar-refractivity contribution in [2.24, 2.45) is 0 Å². The van der Waals surface area contributed by atoms with E-state index in [1.165, 1.54) is 0 Å². The molecule has 9 nitrogen and oxygen atoms in total. The summed E-state index contributed by atoms with van der Waals surface area (Å²) in [6, 6.07) is 3.75. The Morgan fingerprint density at radius 1 is 0.936 bits per heavy atom. The predicted octanol–water partition coefficient (Wildman–Crippen LogP) is 5.51. The van der Waals surface area contributed by atoms with Crippen LogP contribution in [-0.4, -0.2) is 64.3 Å². The van der Waals surface area contributed by atoms with Crippen LogP contribution in [0, 0.1) is 5.82 Å². The van der Waals surface area contributed by atoms with Gasteiger partial charge in [0.05, 0.1) is 29.1 Å². The van der Waals surface area contributed by atoms with Crippen molar-refractivity contribution in [3.63, 3.8) is 0 Å². The lowest BCUT2D eigenvalue weighted by Gasteiger charge is -2.36. The van der Waals surface area contributed by atoms with Crippen LogP contribution in [-0.2, 0) is 46.8 Å². The number of rotatable bonds is 10. The van der Waals surface area contributed by atoms with Gasteiger partial charge in [0.1, 0.15) is 29.2 Å². The number of ketones is 1. The molecule has 0 N–H and O–H groups in total. The highest BCUT2D eigenvalue weighted by molar-refractivity contribution is 7.93. The molecule has 1 aliphatic rings. The lowest BCUT2D eigenvalue weighted by Crippen LogP contribution is -2.44. The van der Waals surface area contributed by atoms with Gasteiger partial charge < -0.3 is 9.47 Å². The van der Waals surface area contributed by atoms with Crippen LogP contribution in [0.2, 0.25) is 0 Å². The zero-order chi connectivity index (χ0) is 36.0. The number of esters is 1. The zero-order valence-electron chi connectivity index (χ0n) is 23.9. The van der Waals surface area contributed by atoms with E-state index in [4.69, 9.17) is 4.74 Å². The largest absolute Gasteiger partial charge is 0.497 e. The number of alkyl halides is 9. The first-order valence-corrected chi connectivity index (χ1v) is 16.0. The molecule has 262 valence electrons. The number of carbonyl (C=O) groups excluding carboxylic acids is 2. The quantitative estimate of drug-likeness (QED) is 0.232. The molecule has 0 saturated heterocycles. The number of anilines is 1. The van der Waals surface area contributed by atoms with Crippen LogP contribution < -0.4 is 9.04 Å². The van der Waals surface area contributed by atoms with Crippen molar-refractivity contribution in [2.75, 3.05) is 16.6 Å². The summed E-state index contributed by atoms with van der Waals surface area (Å²) < 4.78 is 192. The van der Waals surface area contributed by atoms with Gasteiger partial charge >= 0.3 is 23.8 Å². The van der Waals surface area contributed by atoms with E-state index < -0.39 is 115 Å². The van der Waals surface area contributed by atoms with E-state index in [0.29, 0.717) is 24.2 Å². The zero-order valence-corrected chi connectivity index (χ0v) is 25.5. The fraction of sp³-hybridized carbons (Fsp3) is 0.462. The minimum atomic E-state index is -5.84. The Morgan fingerprint density at radius 3 is 2.11 bits per heavy atom. The maximum atomic E-state index is 13.9.